The van der Waals surface area contributed by atoms with Gasteiger partial charge in [-0.2, -0.15) is 4.31 Å². The number of hydrogen-bond acceptors (Lipinski definition) is 6. The monoisotopic (exact) mass is 342 g/mol. The van der Waals surface area contributed by atoms with Crippen molar-refractivity contribution >= 4 is 43.5 Å². The van der Waals surface area contributed by atoms with Crippen LogP contribution in [0.1, 0.15) is 4.88 Å². The van der Waals surface area contributed by atoms with Gasteiger partial charge in [0.1, 0.15) is 0 Å². The number of rotatable bonds is 5. The summed E-state index contributed by atoms with van der Waals surface area (Å²) in [6.07, 6.45) is 2.35. The van der Waals surface area contributed by atoms with Crippen molar-refractivity contribution in [1.29, 1.82) is 0 Å². The first-order chi connectivity index (χ1) is 10.00. The molecule has 3 aromatic rings. The van der Waals surface area contributed by atoms with Crippen molar-refractivity contribution in [3.05, 3.63) is 34.0 Å². The van der Waals surface area contributed by atoms with Crippen LogP contribution in [0.5, 0.6) is 0 Å². The van der Waals surface area contributed by atoms with Gasteiger partial charge in [0.25, 0.3) is 10.0 Å². The van der Waals surface area contributed by atoms with Crippen LogP contribution < -0.4 is 5.73 Å². The number of sulfonamides is 1. The fourth-order valence-corrected chi connectivity index (χ4v) is 4.84. The number of fused-ring (bicyclic) bond motifs is 1. The maximum atomic E-state index is 12.7. The van der Waals surface area contributed by atoms with E-state index in [1.54, 1.807) is 30.0 Å². The Kier molecular flexibility index (Phi) is 3.74. The Bertz CT molecular complexity index is 848. The zero-order valence-corrected chi connectivity index (χ0v) is 13.7. The highest BCUT2D eigenvalue weighted by atomic mass is 32.2. The molecule has 0 amide bonds. The van der Waals surface area contributed by atoms with Gasteiger partial charge in [0.15, 0.2) is 15.8 Å². The summed E-state index contributed by atoms with van der Waals surface area (Å²) < 4.78 is 28.2. The van der Waals surface area contributed by atoms with Gasteiger partial charge in [0, 0.05) is 30.0 Å². The van der Waals surface area contributed by atoms with Crippen LogP contribution in [0.3, 0.4) is 0 Å². The van der Waals surface area contributed by atoms with Gasteiger partial charge in [-0.25, -0.2) is 13.4 Å². The summed E-state index contributed by atoms with van der Waals surface area (Å²) >= 11 is 2.97. The average molecular weight is 342 g/mol. The molecule has 0 fully saturated rings. The second kappa shape index (κ2) is 5.41. The van der Waals surface area contributed by atoms with E-state index in [2.05, 4.69) is 4.98 Å². The summed E-state index contributed by atoms with van der Waals surface area (Å²) in [5.74, 6) is 0.0461. The summed E-state index contributed by atoms with van der Waals surface area (Å²) in [6.45, 7) is 0.402. The van der Waals surface area contributed by atoms with Crippen molar-refractivity contribution in [1.82, 2.24) is 13.7 Å². The van der Waals surface area contributed by atoms with Gasteiger partial charge in [-0.15, -0.1) is 22.7 Å². The highest BCUT2D eigenvalue weighted by Gasteiger charge is 2.28. The van der Waals surface area contributed by atoms with Gasteiger partial charge in [-0.1, -0.05) is 6.07 Å². The maximum absolute atomic E-state index is 12.7. The van der Waals surface area contributed by atoms with Crippen LogP contribution >= 0.6 is 22.7 Å². The van der Waals surface area contributed by atoms with E-state index in [9.17, 15) is 8.42 Å². The molecule has 3 rings (SSSR count). The summed E-state index contributed by atoms with van der Waals surface area (Å²) in [6, 6.07) is 3.95. The van der Waals surface area contributed by atoms with Crippen molar-refractivity contribution in [2.45, 2.75) is 11.4 Å². The molecule has 0 saturated heterocycles. The van der Waals surface area contributed by atoms with E-state index in [0.29, 0.717) is 17.9 Å². The van der Waals surface area contributed by atoms with Crippen LogP contribution in [0, 0.1) is 0 Å². The zero-order chi connectivity index (χ0) is 15.0. The molecular weight excluding hydrogens is 328 g/mol. The van der Waals surface area contributed by atoms with Crippen molar-refractivity contribution in [2.24, 2.45) is 0 Å². The molecule has 21 heavy (non-hydrogen) atoms. The lowest BCUT2D eigenvalue weighted by atomic mass is 10.3. The zero-order valence-electron chi connectivity index (χ0n) is 11.3. The van der Waals surface area contributed by atoms with Gasteiger partial charge in [0.2, 0.25) is 0 Å². The number of hydrogen-bond donors (Lipinski definition) is 1. The van der Waals surface area contributed by atoms with Crippen molar-refractivity contribution in [2.75, 3.05) is 19.3 Å². The molecule has 9 heteroatoms. The number of nitrogen functional groups attached to an aromatic ring is 1. The number of aromatic nitrogens is 2. The molecule has 0 aliphatic rings. The van der Waals surface area contributed by atoms with Gasteiger partial charge in [-0.05, 0) is 17.9 Å². The van der Waals surface area contributed by atoms with E-state index in [4.69, 9.17) is 5.73 Å². The van der Waals surface area contributed by atoms with E-state index in [1.807, 2.05) is 17.5 Å². The van der Waals surface area contributed by atoms with Crippen molar-refractivity contribution in [3.8, 4) is 0 Å². The summed E-state index contributed by atoms with van der Waals surface area (Å²) in [4.78, 5) is 5.82. The first kappa shape index (κ1) is 14.5. The molecule has 0 saturated carbocycles. The third-order valence-electron chi connectivity index (χ3n) is 3.15. The quantitative estimate of drug-likeness (QED) is 0.768. The van der Waals surface area contributed by atoms with E-state index >= 15 is 0 Å². The fourth-order valence-electron chi connectivity index (χ4n) is 2.03. The third-order valence-corrected chi connectivity index (χ3v) is 6.74. The lowest BCUT2D eigenvalue weighted by Gasteiger charge is -2.16. The highest BCUT2D eigenvalue weighted by Crippen LogP contribution is 2.25. The molecule has 0 aromatic carbocycles. The topological polar surface area (TPSA) is 80.7 Å². The molecule has 0 aliphatic carbocycles. The highest BCUT2D eigenvalue weighted by molar-refractivity contribution is 7.89. The number of thiazole rings is 1. The van der Waals surface area contributed by atoms with Crippen LogP contribution in [-0.2, 0) is 16.4 Å². The molecule has 0 aliphatic heterocycles. The van der Waals surface area contributed by atoms with Gasteiger partial charge in [-0.3, -0.25) is 4.40 Å². The average Bonchev–Trinajstić information content (AvgIpc) is 3.11. The Morgan fingerprint density at radius 3 is 2.90 bits per heavy atom. The molecule has 0 bridgehead atoms. The molecule has 2 N–H and O–H groups in total. The van der Waals surface area contributed by atoms with E-state index in [0.717, 1.165) is 4.88 Å². The first-order valence-corrected chi connectivity index (χ1v) is 9.40. The van der Waals surface area contributed by atoms with Crippen LogP contribution in [0.25, 0.3) is 4.96 Å². The molecular formula is C12H14N4O2S3. The number of nitrogens with zero attached hydrogens (tertiary/aromatic N) is 3. The lowest BCUT2D eigenvalue weighted by molar-refractivity contribution is 0.470. The fraction of sp³-hybridized carbons (Fsp3) is 0.250. The Morgan fingerprint density at radius 1 is 1.38 bits per heavy atom. The predicted molar refractivity (Wildman–Crippen MR) is 85.3 cm³/mol. The Balaban J connectivity index is 1.88. The molecule has 3 aromatic heterocycles. The Hall–Kier alpha value is -1.42. The number of anilines is 1. The second-order valence-corrected chi connectivity index (χ2v) is 8.38. The SMILES string of the molecule is CN(CCc1cccs1)S(=O)(=O)c1c(N)nc2sccn12. The molecule has 6 nitrogen and oxygen atoms in total. The lowest BCUT2D eigenvalue weighted by Crippen LogP contribution is -2.30. The van der Waals surface area contributed by atoms with E-state index < -0.39 is 10.0 Å². The summed E-state index contributed by atoms with van der Waals surface area (Å²) in [7, 11) is -2.09. The molecule has 0 radical (unpaired) electrons. The number of thiophene rings is 1. The number of imidazole rings is 1. The largest absolute Gasteiger partial charge is 0.381 e. The smallest absolute Gasteiger partial charge is 0.262 e. The third kappa shape index (κ3) is 2.57. The molecule has 0 unspecified atom stereocenters. The number of likely N-dealkylation sites (N-methyl/N-ethyl adjacent to an activating group) is 1. The first-order valence-electron chi connectivity index (χ1n) is 6.20. The Morgan fingerprint density at radius 2 is 2.19 bits per heavy atom. The van der Waals surface area contributed by atoms with Gasteiger partial charge < -0.3 is 5.73 Å². The minimum atomic E-state index is -3.66. The normalized spacial score (nSPS) is 12.5. The maximum Gasteiger partial charge on any atom is 0.262 e. The van der Waals surface area contributed by atoms with Gasteiger partial charge in [0.05, 0.1) is 0 Å². The Labute approximate surface area is 130 Å². The van der Waals surface area contributed by atoms with E-state index in [1.165, 1.54) is 20.0 Å². The van der Waals surface area contributed by atoms with Crippen LogP contribution in [0.4, 0.5) is 5.82 Å². The van der Waals surface area contributed by atoms with Gasteiger partial charge >= 0.3 is 0 Å². The molecule has 0 spiro atoms. The summed E-state index contributed by atoms with van der Waals surface area (Å²) in [5, 5.41) is 3.81. The predicted octanol–water partition coefficient (Wildman–Crippen LogP) is 1.90. The van der Waals surface area contributed by atoms with Crippen LogP contribution in [0.2, 0.25) is 0 Å². The standard InChI is InChI=1S/C12H14N4O2S3/c1-15(5-4-9-3-2-7-19-9)21(17,18)11-10(13)14-12-16(11)6-8-20-12/h2-3,6-8H,4-5,13H2,1H3. The van der Waals surface area contributed by atoms with E-state index in [-0.39, 0.29) is 10.8 Å². The van der Waals surface area contributed by atoms with Crippen LogP contribution in [0.15, 0.2) is 34.1 Å². The minimum Gasteiger partial charge on any atom is -0.381 e. The summed E-state index contributed by atoms with van der Waals surface area (Å²) in [5.41, 5.74) is 5.78. The van der Waals surface area contributed by atoms with Crippen molar-refractivity contribution < 1.29 is 8.42 Å². The van der Waals surface area contributed by atoms with Crippen LogP contribution in [-0.4, -0.2) is 35.7 Å². The number of nitrogens with two attached hydrogens (primary N) is 1. The molecule has 3 heterocycles. The second-order valence-electron chi connectivity index (χ2n) is 4.51. The minimum absolute atomic E-state index is 0.0461. The van der Waals surface area contributed by atoms with Crippen molar-refractivity contribution in [3.63, 3.8) is 0 Å². The molecule has 0 atom stereocenters. The molecule has 112 valence electrons.